The maximum absolute atomic E-state index is 14.5. The van der Waals surface area contributed by atoms with Crippen LogP contribution in [0.3, 0.4) is 0 Å². The summed E-state index contributed by atoms with van der Waals surface area (Å²) in [5.74, 6) is -2.97. The Bertz CT molecular complexity index is 1230. The first-order valence-electron chi connectivity index (χ1n) is 9.29. The van der Waals surface area contributed by atoms with Gasteiger partial charge in [0.25, 0.3) is 5.91 Å². The second-order valence-corrected chi connectivity index (χ2v) is 9.18. The molecule has 1 atom stereocenters. The van der Waals surface area contributed by atoms with E-state index in [9.17, 15) is 26.4 Å². The van der Waals surface area contributed by atoms with Gasteiger partial charge >= 0.3 is 0 Å². The fourth-order valence-corrected chi connectivity index (χ4v) is 5.08. The first-order valence-corrected chi connectivity index (χ1v) is 10.8. The number of rotatable bonds is 7. The Morgan fingerprint density at radius 1 is 1.03 bits per heavy atom. The van der Waals surface area contributed by atoms with Gasteiger partial charge in [0.15, 0.2) is 9.84 Å². The number of hydrogen-bond donors (Lipinski definition) is 1. The van der Waals surface area contributed by atoms with Gasteiger partial charge in [-0.1, -0.05) is 0 Å². The molecule has 1 unspecified atom stereocenters. The van der Waals surface area contributed by atoms with Gasteiger partial charge in [-0.15, -0.1) is 0 Å². The number of primary amides is 1. The molecule has 0 aliphatic carbocycles. The third kappa shape index (κ3) is 4.93. The van der Waals surface area contributed by atoms with Crippen LogP contribution in [0.1, 0.15) is 38.8 Å². The summed E-state index contributed by atoms with van der Waals surface area (Å²) < 4.78 is 68.2. The number of halogens is 3. The predicted octanol–water partition coefficient (Wildman–Crippen LogP) is 4.05. The largest absolute Gasteiger partial charge is 0.364 e. The molecule has 1 heterocycles. The van der Waals surface area contributed by atoms with Crippen molar-refractivity contribution in [2.75, 3.05) is 0 Å². The number of nitrogens with zero attached hydrogens (tertiary/aromatic N) is 1. The van der Waals surface area contributed by atoms with Crippen molar-refractivity contribution in [1.29, 1.82) is 0 Å². The fraction of sp³-hybridized carbons (Fsp3) is 0.182. The van der Waals surface area contributed by atoms with E-state index in [0.717, 1.165) is 42.5 Å². The lowest BCUT2D eigenvalue weighted by atomic mass is 10.0. The van der Waals surface area contributed by atoms with E-state index in [1.807, 2.05) is 0 Å². The summed E-state index contributed by atoms with van der Waals surface area (Å²) in [5.41, 5.74) is 6.24. The van der Waals surface area contributed by atoms with Gasteiger partial charge < -0.3 is 5.73 Å². The minimum Gasteiger partial charge on any atom is -0.364 e. The average molecular weight is 448 g/mol. The van der Waals surface area contributed by atoms with E-state index in [4.69, 9.17) is 5.73 Å². The molecule has 31 heavy (non-hydrogen) atoms. The minimum absolute atomic E-state index is 0.0629. The van der Waals surface area contributed by atoms with Crippen molar-refractivity contribution in [3.63, 3.8) is 0 Å². The number of amides is 1. The molecule has 0 saturated carbocycles. The van der Waals surface area contributed by atoms with Crippen molar-refractivity contribution in [1.82, 2.24) is 4.98 Å². The van der Waals surface area contributed by atoms with Gasteiger partial charge in [-0.3, -0.25) is 9.78 Å². The topological polar surface area (TPSA) is 90.1 Å². The van der Waals surface area contributed by atoms with Crippen LogP contribution < -0.4 is 5.73 Å². The predicted molar refractivity (Wildman–Crippen MR) is 108 cm³/mol. The van der Waals surface area contributed by atoms with E-state index in [2.05, 4.69) is 4.98 Å². The normalized spacial score (nSPS) is 12.5. The zero-order valence-corrected chi connectivity index (χ0v) is 17.3. The van der Waals surface area contributed by atoms with Crippen LogP contribution in [0.15, 0.2) is 59.6 Å². The molecule has 3 rings (SSSR count). The van der Waals surface area contributed by atoms with Gasteiger partial charge in [0.2, 0.25) is 0 Å². The Labute approximate surface area is 177 Å². The third-order valence-electron chi connectivity index (χ3n) is 4.97. The monoisotopic (exact) mass is 448 g/mol. The number of carbonyl (C=O) groups excluding carboxylic acids is 1. The Morgan fingerprint density at radius 3 is 2.29 bits per heavy atom. The van der Waals surface area contributed by atoms with Crippen LogP contribution in [-0.4, -0.2) is 19.3 Å². The average Bonchev–Trinajstić information content (AvgIpc) is 2.71. The van der Waals surface area contributed by atoms with E-state index < -0.39 is 38.4 Å². The Hall–Kier alpha value is -3.20. The molecule has 1 amide bonds. The zero-order valence-electron chi connectivity index (χ0n) is 16.5. The molecule has 0 aliphatic heterocycles. The van der Waals surface area contributed by atoms with E-state index in [-0.39, 0.29) is 29.0 Å². The SMILES string of the molecule is Cc1cc(C(N)=O)ncc1CCC(c1cc(F)ccc1F)S(=O)(=O)c1ccc(F)cc1. The quantitative estimate of drug-likeness (QED) is 0.552. The molecule has 0 bridgehead atoms. The minimum atomic E-state index is -4.18. The van der Waals surface area contributed by atoms with E-state index in [0.29, 0.717) is 11.1 Å². The molecule has 162 valence electrons. The second-order valence-electron chi connectivity index (χ2n) is 7.05. The summed E-state index contributed by atoms with van der Waals surface area (Å²) in [6.45, 7) is 1.70. The molecular weight excluding hydrogens is 429 g/mol. The molecule has 3 aromatic rings. The summed E-state index contributed by atoms with van der Waals surface area (Å²) >= 11 is 0. The van der Waals surface area contributed by atoms with Gasteiger partial charge in [0, 0.05) is 11.8 Å². The zero-order chi connectivity index (χ0) is 22.8. The molecule has 2 aromatic carbocycles. The highest BCUT2D eigenvalue weighted by Gasteiger charge is 2.31. The van der Waals surface area contributed by atoms with Crippen molar-refractivity contribution in [2.24, 2.45) is 5.73 Å². The smallest absolute Gasteiger partial charge is 0.267 e. The van der Waals surface area contributed by atoms with Crippen LogP contribution in [-0.2, 0) is 16.3 Å². The van der Waals surface area contributed by atoms with Crippen molar-refractivity contribution in [3.05, 3.63) is 94.6 Å². The number of aryl methyl sites for hydroxylation is 2. The van der Waals surface area contributed by atoms with Crippen LogP contribution in [0, 0.1) is 24.4 Å². The summed E-state index contributed by atoms with van der Waals surface area (Å²) in [6.07, 6.45) is 1.45. The molecule has 0 spiro atoms. The van der Waals surface area contributed by atoms with Crippen molar-refractivity contribution in [3.8, 4) is 0 Å². The second kappa shape index (κ2) is 8.89. The third-order valence-corrected chi connectivity index (χ3v) is 7.14. The van der Waals surface area contributed by atoms with Crippen LogP contribution in [0.5, 0.6) is 0 Å². The van der Waals surface area contributed by atoms with Crippen LogP contribution in [0.2, 0.25) is 0 Å². The number of pyridine rings is 1. The number of sulfone groups is 1. The molecular formula is C22H19F3N2O3S. The number of benzene rings is 2. The number of hydrogen-bond acceptors (Lipinski definition) is 4. The molecule has 0 aliphatic rings. The summed E-state index contributed by atoms with van der Waals surface area (Å²) in [5, 5.41) is -1.43. The lowest BCUT2D eigenvalue weighted by Gasteiger charge is -2.20. The van der Waals surface area contributed by atoms with E-state index in [1.165, 1.54) is 12.3 Å². The van der Waals surface area contributed by atoms with Crippen LogP contribution >= 0.6 is 0 Å². The maximum atomic E-state index is 14.5. The summed E-state index contributed by atoms with van der Waals surface area (Å²) in [7, 11) is -4.18. The lowest BCUT2D eigenvalue weighted by molar-refractivity contribution is 0.0995. The fourth-order valence-electron chi connectivity index (χ4n) is 3.30. The highest BCUT2D eigenvalue weighted by molar-refractivity contribution is 7.91. The van der Waals surface area contributed by atoms with Gasteiger partial charge in [-0.25, -0.2) is 21.6 Å². The van der Waals surface area contributed by atoms with Crippen LogP contribution in [0.4, 0.5) is 13.2 Å². The Balaban J connectivity index is 2.02. The lowest BCUT2D eigenvalue weighted by Crippen LogP contribution is -2.17. The van der Waals surface area contributed by atoms with E-state index >= 15 is 0 Å². The van der Waals surface area contributed by atoms with Gasteiger partial charge in [-0.05, 0) is 79.4 Å². The highest BCUT2D eigenvalue weighted by Crippen LogP contribution is 2.35. The molecule has 5 nitrogen and oxygen atoms in total. The first kappa shape index (κ1) is 22.5. The Kier molecular flexibility index (Phi) is 6.45. The van der Waals surface area contributed by atoms with E-state index in [1.54, 1.807) is 6.92 Å². The first-order chi connectivity index (χ1) is 14.6. The summed E-state index contributed by atoms with van der Waals surface area (Å²) in [6, 6.07) is 8.24. The van der Waals surface area contributed by atoms with Crippen molar-refractivity contribution in [2.45, 2.75) is 29.9 Å². The van der Waals surface area contributed by atoms with Crippen LogP contribution in [0.25, 0.3) is 0 Å². The van der Waals surface area contributed by atoms with Crippen molar-refractivity contribution < 1.29 is 26.4 Å². The maximum Gasteiger partial charge on any atom is 0.267 e. The van der Waals surface area contributed by atoms with Gasteiger partial charge in [0.1, 0.15) is 23.1 Å². The van der Waals surface area contributed by atoms with Crippen molar-refractivity contribution >= 4 is 15.7 Å². The number of carbonyl (C=O) groups is 1. The molecule has 0 radical (unpaired) electrons. The number of aromatic nitrogens is 1. The molecule has 0 fully saturated rings. The summed E-state index contributed by atoms with van der Waals surface area (Å²) in [4.78, 5) is 15.0. The molecule has 0 saturated heterocycles. The highest BCUT2D eigenvalue weighted by atomic mass is 32.2. The molecule has 2 N–H and O–H groups in total. The molecule has 9 heteroatoms. The standard InChI is InChI=1S/C22H19F3N2O3S/c1-13-10-20(22(26)28)27-12-14(13)2-9-21(18-11-16(24)5-8-19(18)25)31(29,30)17-6-3-15(23)4-7-17/h3-8,10-12,21H,2,9H2,1H3,(H2,26,28). The van der Waals surface area contributed by atoms with Gasteiger partial charge in [0.05, 0.1) is 10.1 Å². The molecule has 1 aromatic heterocycles. The van der Waals surface area contributed by atoms with Gasteiger partial charge in [-0.2, -0.15) is 0 Å². The Morgan fingerprint density at radius 2 is 1.68 bits per heavy atom. The number of nitrogens with two attached hydrogens (primary N) is 1.